The second-order valence-corrected chi connectivity index (χ2v) is 11.9. The van der Waals surface area contributed by atoms with Crippen LogP contribution >= 0.6 is 0 Å². The summed E-state index contributed by atoms with van der Waals surface area (Å²) in [5, 5.41) is 6.07. The zero-order valence-corrected chi connectivity index (χ0v) is 25.5. The number of nitrogens with zero attached hydrogens (tertiary/aromatic N) is 4. The maximum Gasteiger partial charge on any atom is 0.167 e. The fourth-order valence-electron chi connectivity index (χ4n) is 6.75. The van der Waals surface area contributed by atoms with Gasteiger partial charge < -0.3 is 8.83 Å². The molecule has 4 heterocycles. The van der Waals surface area contributed by atoms with Crippen molar-refractivity contribution in [3.8, 4) is 45.3 Å². The molecule has 0 unspecified atom stereocenters. The van der Waals surface area contributed by atoms with Crippen LogP contribution in [0.2, 0.25) is 0 Å². The summed E-state index contributed by atoms with van der Waals surface area (Å²) in [6.45, 7) is 0. The van der Waals surface area contributed by atoms with Gasteiger partial charge in [-0.1, -0.05) is 91.0 Å². The smallest absolute Gasteiger partial charge is 0.167 e. The number of rotatable bonds is 4. The zero-order chi connectivity index (χ0) is 31.6. The number of fused-ring (bicyclic) bond motifs is 7. The monoisotopic (exact) mass is 616 g/mol. The van der Waals surface area contributed by atoms with Crippen molar-refractivity contribution in [3.05, 3.63) is 146 Å². The second-order valence-electron chi connectivity index (χ2n) is 11.9. The molecule has 0 aliphatic carbocycles. The molecule has 4 aromatic heterocycles. The first kappa shape index (κ1) is 26.5. The molecule has 224 valence electrons. The Hall–Kier alpha value is -6.66. The zero-order valence-electron chi connectivity index (χ0n) is 25.5. The van der Waals surface area contributed by atoms with Crippen LogP contribution < -0.4 is 0 Å². The minimum Gasteiger partial charge on any atom is -0.455 e. The molecule has 10 rings (SSSR count). The molecule has 0 aliphatic heterocycles. The van der Waals surface area contributed by atoms with E-state index in [1.54, 1.807) is 6.20 Å². The van der Waals surface area contributed by atoms with Gasteiger partial charge in [0.2, 0.25) is 0 Å². The first-order valence-corrected chi connectivity index (χ1v) is 15.8. The van der Waals surface area contributed by atoms with Crippen LogP contribution in [-0.2, 0) is 0 Å². The minimum atomic E-state index is 0.534. The summed E-state index contributed by atoms with van der Waals surface area (Å²) >= 11 is 0. The Morgan fingerprint density at radius 1 is 0.417 bits per heavy atom. The quantitative estimate of drug-likeness (QED) is 0.196. The number of pyridine rings is 1. The summed E-state index contributed by atoms with van der Waals surface area (Å²) in [5.41, 5.74) is 7.74. The number of hydrogen-bond donors (Lipinski definition) is 0. The van der Waals surface area contributed by atoms with Crippen LogP contribution in [0.15, 0.2) is 155 Å². The lowest BCUT2D eigenvalue weighted by atomic mass is 9.97. The molecular weight excluding hydrogens is 592 g/mol. The number of para-hydroxylation sites is 2. The average molecular weight is 617 g/mol. The van der Waals surface area contributed by atoms with Gasteiger partial charge >= 0.3 is 0 Å². The lowest BCUT2D eigenvalue weighted by molar-refractivity contribution is 0.669. The van der Waals surface area contributed by atoms with E-state index in [9.17, 15) is 0 Å². The Morgan fingerprint density at radius 3 is 1.96 bits per heavy atom. The number of furan rings is 2. The summed E-state index contributed by atoms with van der Waals surface area (Å²) in [7, 11) is 0. The SMILES string of the molecule is c1ccc(-c2nc(-c3cccc4c3oc3ccccc34)nc(-c3ccc(-c4ccccc4)c4oc5cc6ccncc6cc5c34)n2)cc1. The first-order chi connectivity index (χ1) is 23.8. The van der Waals surface area contributed by atoms with E-state index in [0.717, 1.165) is 82.5 Å². The molecule has 0 saturated carbocycles. The van der Waals surface area contributed by atoms with E-state index in [0.29, 0.717) is 17.5 Å². The van der Waals surface area contributed by atoms with Crippen LogP contribution in [-0.4, -0.2) is 19.9 Å². The summed E-state index contributed by atoms with van der Waals surface area (Å²) in [6, 6.07) is 45.0. The van der Waals surface area contributed by atoms with E-state index < -0.39 is 0 Å². The van der Waals surface area contributed by atoms with Crippen molar-refractivity contribution >= 4 is 54.6 Å². The summed E-state index contributed by atoms with van der Waals surface area (Å²) in [4.78, 5) is 19.7. The van der Waals surface area contributed by atoms with E-state index in [4.69, 9.17) is 23.8 Å². The fraction of sp³-hybridized carbons (Fsp3) is 0. The van der Waals surface area contributed by atoms with Crippen molar-refractivity contribution in [1.29, 1.82) is 0 Å². The largest absolute Gasteiger partial charge is 0.455 e. The van der Waals surface area contributed by atoms with Crippen LogP contribution in [0.5, 0.6) is 0 Å². The van der Waals surface area contributed by atoms with Gasteiger partial charge in [-0.05, 0) is 53.4 Å². The molecule has 0 spiro atoms. The van der Waals surface area contributed by atoms with Crippen LogP contribution in [0.25, 0.3) is 99.9 Å². The van der Waals surface area contributed by atoms with Gasteiger partial charge in [-0.2, -0.15) is 0 Å². The number of benzene rings is 6. The molecule has 0 aliphatic rings. The Morgan fingerprint density at radius 2 is 1.10 bits per heavy atom. The highest BCUT2D eigenvalue weighted by atomic mass is 16.3. The Labute approximate surface area is 274 Å². The van der Waals surface area contributed by atoms with E-state index in [2.05, 4.69) is 53.5 Å². The van der Waals surface area contributed by atoms with Gasteiger partial charge in [0.1, 0.15) is 22.3 Å². The summed E-state index contributed by atoms with van der Waals surface area (Å²) in [6.07, 6.45) is 3.69. The van der Waals surface area contributed by atoms with E-state index in [1.165, 1.54) is 0 Å². The third-order valence-corrected chi connectivity index (χ3v) is 9.02. The standard InChI is InChI=1S/C42H24N4O2/c1-3-10-25(11-4-1)29-18-19-32(37-34-22-28-24-43-21-20-27(28)23-36(34)48-39(29)37)41-44-40(26-12-5-2-6-13-26)45-42(46-41)33-16-9-15-31-30-14-7-8-17-35(30)47-38(31)33/h1-24H. The Balaban J connectivity index is 1.29. The van der Waals surface area contributed by atoms with E-state index in [1.807, 2.05) is 91.1 Å². The molecule has 6 aromatic carbocycles. The molecule has 6 heteroatoms. The summed E-state index contributed by atoms with van der Waals surface area (Å²) < 4.78 is 13.2. The number of aromatic nitrogens is 4. The third-order valence-electron chi connectivity index (χ3n) is 9.02. The maximum atomic E-state index is 6.72. The van der Waals surface area contributed by atoms with E-state index >= 15 is 0 Å². The lowest BCUT2D eigenvalue weighted by Gasteiger charge is -2.11. The maximum absolute atomic E-state index is 6.72. The lowest BCUT2D eigenvalue weighted by Crippen LogP contribution is -2.00. The van der Waals surface area contributed by atoms with E-state index in [-0.39, 0.29) is 0 Å². The Bertz CT molecular complexity index is 2840. The third kappa shape index (κ3) is 4.13. The van der Waals surface area contributed by atoms with Gasteiger partial charge in [-0.15, -0.1) is 0 Å². The van der Waals surface area contributed by atoms with Crippen molar-refractivity contribution in [3.63, 3.8) is 0 Å². The van der Waals surface area contributed by atoms with Crippen molar-refractivity contribution in [2.24, 2.45) is 0 Å². The number of hydrogen-bond acceptors (Lipinski definition) is 6. The average Bonchev–Trinajstić information content (AvgIpc) is 3.72. The second kappa shape index (κ2) is 10.4. The first-order valence-electron chi connectivity index (χ1n) is 15.8. The highest BCUT2D eigenvalue weighted by Crippen LogP contribution is 2.43. The highest BCUT2D eigenvalue weighted by molar-refractivity contribution is 6.18. The molecule has 0 fully saturated rings. The van der Waals surface area contributed by atoms with Crippen LogP contribution in [0, 0.1) is 0 Å². The van der Waals surface area contributed by atoms with Crippen LogP contribution in [0.4, 0.5) is 0 Å². The topological polar surface area (TPSA) is 77.8 Å². The molecule has 0 bridgehead atoms. The molecule has 0 amide bonds. The van der Waals surface area contributed by atoms with Gasteiger partial charge in [0.25, 0.3) is 0 Å². The Kier molecular flexibility index (Phi) is 5.77. The van der Waals surface area contributed by atoms with Gasteiger partial charge in [0.05, 0.1) is 5.56 Å². The summed E-state index contributed by atoms with van der Waals surface area (Å²) in [5.74, 6) is 1.66. The molecule has 0 radical (unpaired) electrons. The van der Waals surface area contributed by atoms with Crippen molar-refractivity contribution in [2.75, 3.05) is 0 Å². The predicted octanol–water partition coefficient (Wildman–Crippen LogP) is 10.9. The van der Waals surface area contributed by atoms with Crippen molar-refractivity contribution < 1.29 is 8.83 Å². The van der Waals surface area contributed by atoms with Gasteiger partial charge in [0.15, 0.2) is 17.5 Å². The van der Waals surface area contributed by atoms with Gasteiger partial charge in [0, 0.05) is 56.0 Å². The molecule has 10 aromatic rings. The highest BCUT2D eigenvalue weighted by Gasteiger charge is 2.22. The van der Waals surface area contributed by atoms with Gasteiger partial charge in [-0.25, -0.2) is 15.0 Å². The molecule has 6 nitrogen and oxygen atoms in total. The van der Waals surface area contributed by atoms with Crippen molar-refractivity contribution in [2.45, 2.75) is 0 Å². The molecule has 0 atom stereocenters. The van der Waals surface area contributed by atoms with Crippen LogP contribution in [0.1, 0.15) is 0 Å². The molecule has 0 saturated heterocycles. The normalized spacial score (nSPS) is 11.8. The minimum absolute atomic E-state index is 0.534. The predicted molar refractivity (Wildman–Crippen MR) is 191 cm³/mol. The molecule has 48 heavy (non-hydrogen) atoms. The fourth-order valence-corrected chi connectivity index (χ4v) is 6.75. The molecular formula is C42H24N4O2. The van der Waals surface area contributed by atoms with Crippen LogP contribution in [0.3, 0.4) is 0 Å². The van der Waals surface area contributed by atoms with Crippen molar-refractivity contribution in [1.82, 2.24) is 19.9 Å². The van der Waals surface area contributed by atoms with Gasteiger partial charge in [-0.3, -0.25) is 4.98 Å². The molecule has 0 N–H and O–H groups in total.